The van der Waals surface area contributed by atoms with E-state index in [2.05, 4.69) is 15.8 Å². The fraction of sp³-hybridized carbons (Fsp3) is 0.174. The van der Waals surface area contributed by atoms with E-state index in [1.807, 2.05) is 67.6 Å². The smallest absolute Gasteiger partial charge is 0.272 e. The number of carbonyl (C=O) groups excluding carboxylic acids is 2. The van der Waals surface area contributed by atoms with Crippen molar-refractivity contribution in [2.75, 3.05) is 5.32 Å². The zero-order valence-electron chi connectivity index (χ0n) is 15.6. The summed E-state index contributed by atoms with van der Waals surface area (Å²) in [5, 5.41) is 9.08. The van der Waals surface area contributed by atoms with Gasteiger partial charge in [-0.3, -0.25) is 9.59 Å². The van der Waals surface area contributed by atoms with Crippen LogP contribution in [0, 0.1) is 5.92 Å². The van der Waals surface area contributed by atoms with E-state index >= 15 is 0 Å². The summed E-state index contributed by atoms with van der Waals surface area (Å²) in [5.41, 5.74) is 5.47. The molecule has 0 radical (unpaired) electrons. The van der Waals surface area contributed by atoms with Crippen LogP contribution in [0.2, 0.25) is 0 Å². The number of fused-ring (bicyclic) bond motifs is 1. The fourth-order valence-corrected chi connectivity index (χ4v) is 3.09. The molecule has 0 aromatic heterocycles. The molecule has 3 aromatic rings. The minimum absolute atomic E-state index is 0.0657. The molecule has 2 N–H and O–H groups in total. The van der Waals surface area contributed by atoms with E-state index in [9.17, 15) is 9.59 Å². The molecule has 0 spiro atoms. The van der Waals surface area contributed by atoms with E-state index in [1.54, 1.807) is 6.07 Å². The van der Waals surface area contributed by atoms with Gasteiger partial charge in [0.2, 0.25) is 5.91 Å². The van der Waals surface area contributed by atoms with Crippen LogP contribution in [0.1, 0.15) is 35.7 Å². The number of nitrogens with one attached hydrogen (secondary N) is 2. The van der Waals surface area contributed by atoms with Gasteiger partial charge in [-0.2, -0.15) is 5.10 Å². The summed E-state index contributed by atoms with van der Waals surface area (Å²) >= 11 is 0. The molecule has 1 aliphatic rings. The maximum atomic E-state index is 12.6. The maximum Gasteiger partial charge on any atom is 0.272 e. The van der Waals surface area contributed by atoms with Gasteiger partial charge in [-0.15, -0.1) is 0 Å². The molecular formula is C23H21N3O2. The van der Waals surface area contributed by atoms with Crippen molar-refractivity contribution in [1.29, 1.82) is 0 Å². The first kappa shape index (κ1) is 17.9. The molecular weight excluding hydrogens is 350 g/mol. The molecule has 1 saturated carbocycles. The Kier molecular flexibility index (Phi) is 4.89. The predicted molar refractivity (Wildman–Crippen MR) is 111 cm³/mol. The summed E-state index contributed by atoms with van der Waals surface area (Å²) in [5.74, 6) is -0.0382. The molecule has 28 heavy (non-hydrogen) atoms. The van der Waals surface area contributed by atoms with Crippen molar-refractivity contribution in [2.45, 2.75) is 19.8 Å². The number of hydrogen-bond donors (Lipinski definition) is 2. The van der Waals surface area contributed by atoms with Crippen molar-refractivity contribution in [1.82, 2.24) is 5.43 Å². The number of hydrogen-bond acceptors (Lipinski definition) is 3. The number of anilines is 1. The zero-order chi connectivity index (χ0) is 19.5. The highest BCUT2D eigenvalue weighted by Gasteiger charge is 2.29. The van der Waals surface area contributed by atoms with Crippen LogP contribution < -0.4 is 10.7 Å². The molecule has 0 atom stereocenters. The summed E-state index contributed by atoms with van der Waals surface area (Å²) < 4.78 is 0. The molecule has 1 aliphatic carbocycles. The fourth-order valence-electron chi connectivity index (χ4n) is 3.09. The van der Waals surface area contributed by atoms with Crippen LogP contribution in [0.15, 0.2) is 71.8 Å². The number of benzene rings is 3. The highest BCUT2D eigenvalue weighted by atomic mass is 16.2. The van der Waals surface area contributed by atoms with E-state index in [0.29, 0.717) is 11.3 Å². The summed E-state index contributed by atoms with van der Waals surface area (Å²) in [7, 11) is 0. The Balaban J connectivity index is 1.49. The van der Waals surface area contributed by atoms with Crippen LogP contribution in [0.4, 0.5) is 5.69 Å². The van der Waals surface area contributed by atoms with Crippen LogP contribution in [0.25, 0.3) is 10.8 Å². The van der Waals surface area contributed by atoms with Gasteiger partial charge in [-0.1, -0.05) is 48.5 Å². The van der Waals surface area contributed by atoms with Crippen molar-refractivity contribution in [2.24, 2.45) is 11.0 Å². The van der Waals surface area contributed by atoms with Crippen LogP contribution in [-0.2, 0) is 4.79 Å². The maximum absolute atomic E-state index is 12.6. The number of rotatable bonds is 5. The molecule has 4 rings (SSSR count). The number of hydrazone groups is 1. The van der Waals surface area contributed by atoms with Crippen LogP contribution in [0.3, 0.4) is 0 Å². The van der Waals surface area contributed by atoms with Crippen molar-refractivity contribution in [3.8, 4) is 0 Å². The van der Waals surface area contributed by atoms with Crippen molar-refractivity contribution in [3.05, 3.63) is 77.9 Å². The van der Waals surface area contributed by atoms with Gasteiger partial charge < -0.3 is 5.32 Å². The van der Waals surface area contributed by atoms with Crippen molar-refractivity contribution in [3.63, 3.8) is 0 Å². The normalized spacial score (nSPS) is 14.0. The second kappa shape index (κ2) is 7.64. The standard InChI is InChI=1S/C23H21N3O2/c1-15(18-8-4-9-19(14-18)24-22(27)17-12-13-17)25-26-23(28)21-11-5-7-16-6-2-3-10-20(16)21/h2-11,14,17H,12-13H2,1H3,(H,24,27)(H,26,28). The second-order valence-electron chi connectivity index (χ2n) is 7.01. The molecule has 0 unspecified atom stereocenters. The number of amides is 2. The predicted octanol–water partition coefficient (Wildman–Crippen LogP) is 4.34. The van der Waals surface area contributed by atoms with E-state index in [1.165, 1.54) is 0 Å². The van der Waals surface area contributed by atoms with Gasteiger partial charge in [0.15, 0.2) is 0 Å². The Hall–Kier alpha value is -3.47. The average molecular weight is 371 g/mol. The Morgan fingerprint density at radius 3 is 2.54 bits per heavy atom. The molecule has 0 saturated heterocycles. The van der Waals surface area contributed by atoms with Gasteiger partial charge >= 0.3 is 0 Å². The topological polar surface area (TPSA) is 70.6 Å². The lowest BCUT2D eigenvalue weighted by atomic mass is 10.0. The van der Waals surface area contributed by atoms with Gasteiger partial charge in [0.05, 0.1) is 5.71 Å². The molecule has 5 nitrogen and oxygen atoms in total. The third-order valence-electron chi connectivity index (χ3n) is 4.86. The first-order chi connectivity index (χ1) is 13.6. The lowest BCUT2D eigenvalue weighted by molar-refractivity contribution is -0.117. The third kappa shape index (κ3) is 3.93. The second-order valence-corrected chi connectivity index (χ2v) is 7.01. The third-order valence-corrected chi connectivity index (χ3v) is 4.86. The molecule has 2 amide bonds. The summed E-state index contributed by atoms with van der Waals surface area (Å²) in [6, 6.07) is 20.9. The highest BCUT2D eigenvalue weighted by molar-refractivity contribution is 6.08. The summed E-state index contributed by atoms with van der Waals surface area (Å²) in [6.07, 6.45) is 1.93. The lowest BCUT2D eigenvalue weighted by Crippen LogP contribution is -2.19. The Morgan fingerprint density at radius 1 is 0.964 bits per heavy atom. The largest absolute Gasteiger partial charge is 0.326 e. The van der Waals surface area contributed by atoms with E-state index in [0.717, 1.165) is 34.9 Å². The first-order valence-electron chi connectivity index (χ1n) is 9.35. The quantitative estimate of drug-likeness (QED) is 0.517. The van der Waals surface area contributed by atoms with Gasteiger partial charge in [0, 0.05) is 17.2 Å². The number of nitrogens with zero attached hydrogens (tertiary/aromatic N) is 1. The molecule has 0 heterocycles. The monoisotopic (exact) mass is 371 g/mol. The highest BCUT2D eigenvalue weighted by Crippen LogP contribution is 2.30. The Morgan fingerprint density at radius 2 is 1.71 bits per heavy atom. The summed E-state index contributed by atoms with van der Waals surface area (Å²) in [4.78, 5) is 24.6. The van der Waals surface area contributed by atoms with E-state index < -0.39 is 0 Å². The molecule has 3 aromatic carbocycles. The SMILES string of the molecule is CC(=NNC(=O)c1cccc2ccccc12)c1cccc(NC(=O)C2CC2)c1. The molecule has 0 aliphatic heterocycles. The molecule has 0 bridgehead atoms. The molecule has 140 valence electrons. The van der Waals surface area contributed by atoms with Gasteiger partial charge in [-0.05, 0) is 54.3 Å². The van der Waals surface area contributed by atoms with Crippen molar-refractivity contribution < 1.29 is 9.59 Å². The molecule has 5 heteroatoms. The molecule has 1 fully saturated rings. The van der Waals surface area contributed by atoms with Gasteiger partial charge in [-0.25, -0.2) is 5.43 Å². The van der Waals surface area contributed by atoms with Crippen LogP contribution >= 0.6 is 0 Å². The minimum atomic E-state index is -0.255. The first-order valence-corrected chi connectivity index (χ1v) is 9.35. The van der Waals surface area contributed by atoms with Crippen LogP contribution in [0.5, 0.6) is 0 Å². The van der Waals surface area contributed by atoms with Gasteiger partial charge in [0.1, 0.15) is 0 Å². The lowest BCUT2D eigenvalue weighted by Gasteiger charge is -2.08. The van der Waals surface area contributed by atoms with Gasteiger partial charge in [0.25, 0.3) is 5.91 Å². The average Bonchev–Trinajstić information content (AvgIpc) is 3.57. The Bertz CT molecular complexity index is 1080. The number of carbonyl (C=O) groups is 2. The summed E-state index contributed by atoms with van der Waals surface area (Å²) in [6.45, 7) is 1.82. The van der Waals surface area contributed by atoms with E-state index in [4.69, 9.17) is 0 Å². The Labute approximate surface area is 163 Å². The van der Waals surface area contributed by atoms with Crippen LogP contribution in [-0.4, -0.2) is 17.5 Å². The zero-order valence-corrected chi connectivity index (χ0v) is 15.6. The van der Waals surface area contributed by atoms with E-state index in [-0.39, 0.29) is 17.7 Å². The minimum Gasteiger partial charge on any atom is -0.326 e. The van der Waals surface area contributed by atoms with Crippen molar-refractivity contribution >= 4 is 34.0 Å².